The number of benzene rings is 1. The second-order valence-electron chi connectivity index (χ2n) is 3.39. The lowest BCUT2D eigenvalue weighted by molar-refractivity contribution is 1.01. The smallest absolute Gasteiger partial charge is 0.0655 e. The first-order valence-corrected chi connectivity index (χ1v) is 4.84. The lowest BCUT2D eigenvalue weighted by Gasteiger charge is -2.00. The predicted molar refractivity (Wildman–Crippen MR) is 59.0 cm³/mol. The van der Waals surface area contributed by atoms with E-state index >= 15 is 0 Å². The van der Waals surface area contributed by atoms with E-state index in [1.54, 1.807) is 0 Å². The predicted octanol–water partition coefficient (Wildman–Crippen LogP) is 3.81. The Morgan fingerprint density at radius 3 is 2.69 bits per heavy atom. The van der Waals surface area contributed by atoms with Gasteiger partial charge in [0.15, 0.2) is 0 Å². The molecule has 0 aliphatic heterocycles. The molecule has 0 N–H and O–H groups in total. The van der Waals surface area contributed by atoms with E-state index in [4.69, 9.17) is 0 Å². The minimum atomic E-state index is 1.06. The van der Waals surface area contributed by atoms with Gasteiger partial charge in [0.1, 0.15) is 0 Å². The van der Waals surface area contributed by atoms with E-state index in [9.17, 15) is 0 Å². The highest BCUT2D eigenvalue weighted by molar-refractivity contribution is 5.64. The second kappa shape index (κ2) is 4.80. The third kappa shape index (κ3) is 3.02. The van der Waals surface area contributed by atoms with Crippen LogP contribution in [-0.2, 0) is 0 Å². The topological polar surface area (TPSA) is 12.4 Å². The number of hydrogen-bond acceptors (Lipinski definition) is 1. The van der Waals surface area contributed by atoms with Crippen LogP contribution in [-0.4, -0.2) is 6.21 Å². The zero-order chi connectivity index (χ0) is 9.68. The van der Waals surface area contributed by atoms with Gasteiger partial charge >= 0.3 is 0 Å². The number of unbranched alkanes of at least 4 members (excludes halogenated alkanes) is 1. The highest BCUT2D eigenvalue weighted by Crippen LogP contribution is 2.18. The van der Waals surface area contributed by atoms with Crippen molar-refractivity contribution in [2.24, 2.45) is 4.99 Å². The summed E-state index contributed by atoms with van der Waals surface area (Å²) in [4.78, 5) is 4.41. The van der Waals surface area contributed by atoms with Crippen LogP contribution in [0.3, 0.4) is 0 Å². The summed E-state index contributed by atoms with van der Waals surface area (Å²) in [5, 5.41) is 0. The molecule has 1 aromatic rings. The lowest BCUT2D eigenvalue weighted by atomic mass is 10.1. The maximum Gasteiger partial charge on any atom is 0.0655 e. The van der Waals surface area contributed by atoms with Gasteiger partial charge in [-0.15, -0.1) is 0 Å². The van der Waals surface area contributed by atoms with Gasteiger partial charge < -0.3 is 0 Å². The lowest BCUT2D eigenvalue weighted by Crippen LogP contribution is -1.78. The molecule has 1 heteroatoms. The normalized spacial score (nSPS) is 11.0. The monoisotopic (exact) mass is 175 g/mol. The van der Waals surface area contributed by atoms with E-state index in [1.165, 1.54) is 11.1 Å². The molecule has 0 amide bonds. The Balaban J connectivity index is 2.77. The minimum absolute atomic E-state index is 1.06. The summed E-state index contributed by atoms with van der Waals surface area (Å²) < 4.78 is 0. The molecule has 0 spiro atoms. The molecule has 0 bridgehead atoms. The van der Waals surface area contributed by atoms with E-state index in [0.717, 1.165) is 18.5 Å². The summed E-state index contributed by atoms with van der Waals surface area (Å²) in [7, 11) is 0. The quantitative estimate of drug-likeness (QED) is 0.619. The van der Waals surface area contributed by atoms with Crippen LogP contribution in [0.25, 0.3) is 0 Å². The van der Waals surface area contributed by atoms with E-state index in [1.807, 2.05) is 6.21 Å². The van der Waals surface area contributed by atoms with Crippen molar-refractivity contribution in [3.63, 3.8) is 0 Å². The molecule has 0 heterocycles. The van der Waals surface area contributed by atoms with Crippen molar-refractivity contribution in [1.29, 1.82) is 0 Å². The van der Waals surface area contributed by atoms with Crippen LogP contribution in [0.15, 0.2) is 23.2 Å². The highest BCUT2D eigenvalue weighted by atomic mass is 14.7. The van der Waals surface area contributed by atoms with Crippen molar-refractivity contribution in [1.82, 2.24) is 0 Å². The van der Waals surface area contributed by atoms with Crippen molar-refractivity contribution in [3.8, 4) is 0 Å². The van der Waals surface area contributed by atoms with Gasteiger partial charge in [-0.2, -0.15) is 0 Å². The SMILES string of the molecule is CCCC=Nc1ccc(C)cc1C. The molecule has 1 nitrogen and oxygen atoms in total. The van der Waals surface area contributed by atoms with E-state index in [2.05, 4.69) is 44.0 Å². The van der Waals surface area contributed by atoms with Crippen molar-refractivity contribution >= 4 is 11.9 Å². The summed E-state index contributed by atoms with van der Waals surface area (Å²) in [5.41, 5.74) is 3.65. The molecule has 0 unspecified atom stereocenters. The molecule has 0 saturated heterocycles. The Bertz CT molecular complexity index is 300. The number of nitrogens with zero attached hydrogens (tertiary/aromatic N) is 1. The molecule has 0 aliphatic rings. The van der Waals surface area contributed by atoms with Gasteiger partial charge in [-0.1, -0.05) is 31.0 Å². The van der Waals surface area contributed by atoms with Crippen LogP contribution in [0.2, 0.25) is 0 Å². The Labute approximate surface area is 80.5 Å². The van der Waals surface area contributed by atoms with Gasteiger partial charge in [-0.25, -0.2) is 0 Å². The molecule has 0 radical (unpaired) electrons. The maximum atomic E-state index is 4.41. The van der Waals surface area contributed by atoms with Gasteiger partial charge in [-0.05, 0) is 31.9 Å². The molecule has 13 heavy (non-hydrogen) atoms. The summed E-state index contributed by atoms with van der Waals surface area (Å²) in [6.07, 6.45) is 4.22. The molecule has 0 fully saturated rings. The van der Waals surface area contributed by atoms with Crippen molar-refractivity contribution in [3.05, 3.63) is 29.3 Å². The third-order valence-corrected chi connectivity index (χ3v) is 2.00. The van der Waals surface area contributed by atoms with Crippen LogP contribution in [0.5, 0.6) is 0 Å². The molecular weight excluding hydrogens is 158 g/mol. The zero-order valence-corrected chi connectivity index (χ0v) is 8.67. The summed E-state index contributed by atoms with van der Waals surface area (Å²) in [5.74, 6) is 0. The average Bonchev–Trinajstić information content (AvgIpc) is 2.09. The molecule has 0 saturated carbocycles. The van der Waals surface area contributed by atoms with Crippen LogP contribution in [0.4, 0.5) is 5.69 Å². The van der Waals surface area contributed by atoms with Gasteiger partial charge in [0.2, 0.25) is 0 Å². The highest BCUT2D eigenvalue weighted by Gasteiger charge is 1.93. The van der Waals surface area contributed by atoms with Gasteiger partial charge in [0, 0.05) is 6.21 Å². The first-order chi connectivity index (χ1) is 6.24. The van der Waals surface area contributed by atoms with E-state index < -0.39 is 0 Å². The molecule has 0 aromatic heterocycles. The number of rotatable bonds is 3. The maximum absolute atomic E-state index is 4.41. The molecular formula is C12H17N. The molecule has 70 valence electrons. The first-order valence-electron chi connectivity index (χ1n) is 4.84. The molecule has 1 aromatic carbocycles. The number of aryl methyl sites for hydroxylation is 2. The fraction of sp³-hybridized carbons (Fsp3) is 0.417. The third-order valence-electron chi connectivity index (χ3n) is 2.00. The van der Waals surface area contributed by atoms with Crippen LogP contribution >= 0.6 is 0 Å². The molecule has 0 aliphatic carbocycles. The summed E-state index contributed by atoms with van der Waals surface area (Å²) in [6, 6.07) is 6.35. The van der Waals surface area contributed by atoms with Crippen molar-refractivity contribution in [2.45, 2.75) is 33.6 Å². The van der Waals surface area contributed by atoms with Gasteiger partial charge in [0.05, 0.1) is 5.69 Å². The van der Waals surface area contributed by atoms with E-state index in [0.29, 0.717) is 0 Å². The zero-order valence-electron chi connectivity index (χ0n) is 8.67. The average molecular weight is 175 g/mol. The number of hydrogen-bond donors (Lipinski definition) is 0. The summed E-state index contributed by atoms with van der Waals surface area (Å²) >= 11 is 0. The Morgan fingerprint density at radius 1 is 1.31 bits per heavy atom. The minimum Gasteiger partial charge on any atom is -0.261 e. The number of aliphatic imine (C=N–C) groups is 1. The molecule has 0 atom stereocenters. The van der Waals surface area contributed by atoms with Gasteiger partial charge in [-0.3, -0.25) is 4.99 Å². The Hall–Kier alpha value is -1.11. The van der Waals surface area contributed by atoms with Crippen LogP contribution in [0.1, 0.15) is 30.9 Å². The van der Waals surface area contributed by atoms with Crippen LogP contribution in [0, 0.1) is 13.8 Å². The fourth-order valence-electron chi connectivity index (χ4n) is 1.24. The molecule has 1 rings (SSSR count). The second-order valence-corrected chi connectivity index (χ2v) is 3.39. The first kappa shape index (κ1) is 9.97. The van der Waals surface area contributed by atoms with Crippen LogP contribution < -0.4 is 0 Å². The van der Waals surface area contributed by atoms with Crippen molar-refractivity contribution in [2.75, 3.05) is 0 Å². The standard InChI is InChI=1S/C12H17N/c1-4-5-8-13-12-7-6-10(2)9-11(12)3/h6-9H,4-5H2,1-3H3. The fourth-order valence-corrected chi connectivity index (χ4v) is 1.24. The van der Waals surface area contributed by atoms with Gasteiger partial charge in [0.25, 0.3) is 0 Å². The largest absolute Gasteiger partial charge is 0.261 e. The summed E-state index contributed by atoms with van der Waals surface area (Å²) in [6.45, 7) is 6.37. The Morgan fingerprint density at radius 2 is 2.08 bits per heavy atom. The van der Waals surface area contributed by atoms with E-state index in [-0.39, 0.29) is 0 Å². The Kier molecular flexibility index (Phi) is 3.69. The van der Waals surface area contributed by atoms with Crippen molar-refractivity contribution < 1.29 is 0 Å².